The topological polar surface area (TPSA) is 66.4 Å². The van der Waals surface area contributed by atoms with Crippen molar-refractivity contribution < 1.29 is 4.79 Å². The van der Waals surface area contributed by atoms with Crippen LogP contribution in [-0.4, -0.2) is 23.1 Å². The fraction of sp³-hybridized carbons (Fsp3) is 0.150. The van der Waals surface area contributed by atoms with Crippen molar-refractivity contribution in [1.29, 1.82) is 0 Å². The lowest BCUT2D eigenvalue weighted by Crippen LogP contribution is -2.35. The van der Waals surface area contributed by atoms with E-state index in [2.05, 4.69) is 20.8 Å². The molecule has 0 fully saturated rings. The molecule has 0 aliphatic carbocycles. The average molecular weight is 332 g/mol. The van der Waals surface area contributed by atoms with Crippen molar-refractivity contribution in [2.75, 3.05) is 5.32 Å². The van der Waals surface area contributed by atoms with Crippen LogP contribution in [0.25, 0.3) is 10.8 Å². The Morgan fingerprint density at radius 3 is 2.68 bits per heavy atom. The second-order valence-electron chi connectivity index (χ2n) is 5.83. The summed E-state index contributed by atoms with van der Waals surface area (Å²) in [6.45, 7) is 3.71. The van der Waals surface area contributed by atoms with Crippen LogP contribution in [0.2, 0.25) is 0 Å². The SMILES string of the molecule is Cc1cccc(C=NNC(=O)C(C)Nc2cccc3ccccc23)n1. The molecule has 0 bridgehead atoms. The molecule has 1 atom stereocenters. The molecule has 0 spiro atoms. The van der Waals surface area contributed by atoms with Gasteiger partial charge in [-0.05, 0) is 37.4 Å². The number of hydrazone groups is 1. The Labute approximate surface area is 146 Å². The Hall–Kier alpha value is -3.21. The Balaban J connectivity index is 1.64. The smallest absolute Gasteiger partial charge is 0.262 e. The first-order chi connectivity index (χ1) is 12.1. The molecule has 0 aliphatic rings. The number of aromatic nitrogens is 1. The van der Waals surface area contributed by atoms with E-state index in [4.69, 9.17) is 0 Å². The number of rotatable bonds is 5. The molecule has 3 aromatic rings. The minimum Gasteiger partial charge on any atom is -0.373 e. The molecule has 0 aliphatic heterocycles. The third-order valence-corrected chi connectivity index (χ3v) is 3.84. The van der Waals surface area contributed by atoms with Gasteiger partial charge >= 0.3 is 0 Å². The van der Waals surface area contributed by atoms with Crippen LogP contribution in [-0.2, 0) is 4.79 Å². The third kappa shape index (κ3) is 4.20. The normalized spacial score (nSPS) is 12.2. The number of nitrogens with one attached hydrogen (secondary N) is 2. The minimum atomic E-state index is -0.423. The predicted molar refractivity (Wildman–Crippen MR) is 102 cm³/mol. The van der Waals surface area contributed by atoms with Gasteiger partial charge in [0.1, 0.15) is 6.04 Å². The van der Waals surface area contributed by atoms with Gasteiger partial charge in [-0.25, -0.2) is 5.43 Å². The molecule has 2 aromatic carbocycles. The van der Waals surface area contributed by atoms with E-state index in [1.807, 2.05) is 67.6 Å². The molecule has 1 unspecified atom stereocenters. The fourth-order valence-corrected chi connectivity index (χ4v) is 2.54. The second kappa shape index (κ2) is 7.57. The third-order valence-electron chi connectivity index (χ3n) is 3.84. The Morgan fingerprint density at radius 2 is 1.84 bits per heavy atom. The zero-order chi connectivity index (χ0) is 17.6. The minimum absolute atomic E-state index is 0.211. The summed E-state index contributed by atoms with van der Waals surface area (Å²) < 4.78 is 0. The average Bonchev–Trinajstić information content (AvgIpc) is 2.62. The highest BCUT2D eigenvalue weighted by Gasteiger charge is 2.12. The van der Waals surface area contributed by atoms with E-state index in [0.717, 1.165) is 22.2 Å². The summed E-state index contributed by atoms with van der Waals surface area (Å²) in [6, 6.07) is 19.3. The number of hydrogen-bond donors (Lipinski definition) is 2. The number of hydrogen-bond acceptors (Lipinski definition) is 4. The van der Waals surface area contributed by atoms with Crippen LogP contribution in [0.1, 0.15) is 18.3 Å². The van der Waals surface area contributed by atoms with Crippen molar-refractivity contribution in [2.24, 2.45) is 5.10 Å². The van der Waals surface area contributed by atoms with Crippen molar-refractivity contribution in [1.82, 2.24) is 10.4 Å². The van der Waals surface area contributed by atoms with Gasteiger partial charge < -0.3 is 5.32 Å². The van der Waals surface area contributed by atoms with Crippen molar-refractivity contribution in [2.45, 2.75) is 19.9 Å². The highest BCUT2D eigenvalue weighted by atomic mass is 16.2. The van der Waals surface area contributed by atoms with Gasteiger partial charge in [0.2, 0.25) is 0 Å². The maximum atomic E-state index is 12.2. The van der Waals surface area contributed by atoms with Crippen LogP contribution < -0.4 is 10.7 Å². The Bertz CT molecular complexity index is 915. The molecular weight excluding hydrogens is 312 g/mol. The number of aryl methyl sites for hydroxylation is 1. The molecule has 1 heterocycles. The molecule has 5 heteroatoms. The first-order valence-electron chi connectivity index (χ1n) is 8.14. The lowest BCUT2D eigenvalue weighted by atomic mass is 10.1. The standard InChI is InChI=1S/C20H20N4O/c1-14-7-5-10-17(22-14)13-21-24-20(25)15(2)23-19-12-6-9-16-8-3-4-11-18(16)19/h3-13,15,23H,1-2H3,(H,24,25). The van der Waals surface area contributed by atoms with Crippen LogP contribution in [0, 0.1) is 6.92 Å². The molecule has 126 valence electrons. The van der Waals surface area contributed by atoms with Gasteiger partial charge in [-0.3, -0.25) is 9.78 Å². The number of pyridine rings is 1. The first kappa shape index (κ1) is 16.6. The van der Waals surface area contributed by atoms with Crippen LogP contribution in [0.3, 0.4) is 0 Å². The first-order valence-corrected chi connectivity index (χ1v) is 8.14. The van der Waals surface area contributed by atoms with Crippen LogP contribution in [0.4, 0.5) is 5.69 Å². The Kier molecular flexibility index (Phi) is 5.04. The summed E-state index contributed by atoms with van der Waals surface area (Å²) in [5, 5.41) is 9.43. The molecule has 5 nitrogen and oxygen atoms in total. The van der Waals surface area contributed by atoms with E-state index in [-0.39, 0.29) is 5.91 Å². The molecule has 2 N–H and O–H groups in total. The van der Waals surface area contributed by atoms with E-state index in [0.29, 0.717) is 5.69 Å². The number of amides is 1. The van der Waals surface area contributed by atoms with Gasteiger partial charge in [0.15, 0.2) is 0 Å². The van der Waals surface area contributed by atoms with E-state index in [9.17, 15) is 4.79 Å². The van der Waals surface area contributed by atoms with E-state index < -0.39 is 6.04 Å². The lowest BCUT2D eigenvalue weighted by Gasteiger charge is -2.15. The number of carbonyl (C=O) groups excluding carboxylic acids is 1. The molecule has 1 aromatic heterocycles. The molecule has 3 rings (SSSR count). The summed E-state index contributed by atoms with van der Waals surface area (Å²) in [7, 11) is 0. The molecule has 1 amide bonds. The fourth-order valence-electron chi connectivity index (χ4n) is 2.54. The van der Waals surface area contributed by atoms with E-state index in [1.54, 1.807) is 6.92 Å². The number of fused-ring (bicyclic) bond motifs is 1. The number of anilines is 1. The van der Waals surface area contributed by atoms with Crippen molar-refractivity contribution in [3.63, 3.8) is 0 Å². The van der Waals surface area contributed by atoms with Gasteiger partial charge in [-0.2, -0.15) is 5.10 Å². The predicted octanol–water partition coefficient (Wildman–Crippen LogP) is 3.49. The van der Waals surface area contributed by atoms with Crippen LogP contribution in [0.5, 0.6) is 0 Å². The number of nitrogens with zero attached hydrogens (tertiary/aromatic N) is 2. The monoisotopic (exact) mass is 332 g/mol. The summed E-state index contributed by atoms with van der Waals surface area (Å²) in [5.74, 6) is -0.211. The molecule has 0 saturated heterocycles. The maximum Gasteiger partial charge on any atom is 0.262 e. The van der Waals surface area contributed by atoms with Crippen molar-refractivity contribution >= 4 is 28.6 Å². The quantitative estimate of drug-likeness (QED) is 0.555. The van der Waals surface area contributed by atoms with E-state index >= 15 is 0 Å². The van der Waals surface area contributed by atoms with Gasteiger partial charge in [-0.1, -0.05) is 42.5 Å². The van der Waals surface area contributed by atoms with E-state index in [1.165, 1.54) is 6.21 Å². The van der Waals surface area contributed by atoms with Gasteiger partial charge in [0.05, 0.1) is 11.9 Å². The Morgan fingerprint density at radius 1 is 1.08 bits per heavy atom. The highest BCUT2D eigenvalue weighted by molar-refractivity contribution is 5.96. The lowest BCUT2D eigenvalue weighted by molar-refractivity contribution is -0.121. The largest absolute Gasteiger partial charge is 0.373 e. The van der Waals surface area contributed by atoms with Crippen molar-refractivity contribution in [3.05, 3.63) is 72.1 Å². The summed E-state index contributed by atoms with van der Waals surface area (Å²) in [6.07, 6.45) is 1.54. The second-order valence-corrected chi connectivity index (χ2v) is 5.83. The van der Waals surface area contributed by atoms with Crippen LogP contribution in [0.15, 0.2) is 65.8 Å². The van der Waals surface area contributed by atoms with Gasteiger partial charge in [-0.15, -0.1) is 0 Å². The zero-order valence-electron chi connectivity index (χ0n) is 14.2. The highest BCUT2D eigenvalue weighted by Crippen LogP contribution is 2.23. The zero-order valence-corrected chi connectivity index (χ0v) is 14.2. The number of benzene rings is 2. The number of carbonyl (C=O) groups is 1. The summed E-state index contributed by atoms with van der Waals surface area (Å²) in [4.78, 5) is 16.5. The summed E-state index contributed by atoms with van der Waals surface area (Å²) >= 11 is 0. The van der Waals surface area contributed by atoms with Gasteiger partial charge in [0, 0.05) is 16.8 Å². The molecule has 0 radical (unpaired) electrons. The summed E-state index contributed by atoms with van der Waals surface area (Å²) in [5.41, 5.74) is 5.08. The van der Waals surface area contributed by atoms with Crippen molar-refractivity contribution in [3.8, 4) is 0 Å². The van der Waals surface area contributed by atoms with Crippen LogP contribution >= 0.6 is 0 Å². The molecule has 25 heavy (non-hydrogen) atoms. The maximum absolute atomic E-state index is 12.2. The molecule has 0 saturated carbocycles. The molecular formula is C20H20N4O. The van der Waals surface area contributed by atoms with Gasteiger partial charge in [0.25, 0.3) is 5.91 Å².